The average molecular weight is 281 g/mol. The summed E-state index contributed by atoms with van der Waals surface area (Å²) in [4.78, 5) is 0. The van der Waals surface area contributed by atoms with Gasteiger partial charge in [0.05, 0.1) is 29.6 Å². The standard InChI is InChI=1S/C14H19NO3S/c1-14(2,3)19(17)15-13-10(8-16)9-18-12-7-5-4-6-11(12)13/h4-7,10,16H,8-9H2,1-3H3/b15-13+/t10-,19?/m1/s1. The van der Waals surface area contributed by atoms with E-state index in [1.165, 1.54) is 0 Å². The molecule has 1 N–H and O–H groups in total. The molecule has 0 radical (unpaired) electrons. The molecule has 4 nitrogen and oxygen atoms in total. The number of rotatable bonds is 2. The van der Waals surface area contributed by atoms with Crippen molar-refractivity contribution in [2.24, 2.45) is 10.3 Å². The van der Waals surface area contributed by atoms with Gasteiger partial charge in [-0.2, -0.15) is 4.40 Å². The first-order valence-corrected chi connectivity index (χ1v) is 7.38. The minimum Gasteiger partial charge on any atom is -0.492 e. The van der Waals surface area contributed by atoms with Crippen molar-refractivity contribution in [2.75, 3.05) is 13.2 Å². The van der Waals surface area contributed by atoms with E-state index in [2.05, 4.69) is 4.40 Å². The summed E-state index contributed by atoms with van der Waals surface area (Å²) in [5.41, 5.74) is 1.50. The Bertz CT molecular complexity index is 520. The highest BCUT2D eigenvalue weighted by atomic mass is 32.2. The topological polar surface area (TPSA) is 58.9 Å². The number of fused-ring (bicyclic) bond motifs is 1. The van der Waals surface area contributed by atoms with E-state index in [0.717, 1.165) is 11.3 Å². The molecule has 104 valence electrons. The van der Waals surface area contributed by atoms with Crippen molar-refractivity contribution in [2.45, 2.75) is 25.5 Å². The lowest BCUT2D eigenvalue weighted by Crippen LogP contribution is -2.32. The maximum atomic E-state index is 12.2. The summed E-state index contributed by atoms with van der Waals surface area (Å²) in [6.45, 7) is 5.95. The Morgan fingerprint density at radius 2 is 2.11 bits per heavy atom. The highest BCUT2D eigenvalue weighted by molar-refractivity contribution is 7.85. The Kier molecular flexibility index (Phi) is 4.06. The quantitative estimate of drug-likeness (QED) is 0.901. The van der Waals surface area contributed by atoms with Crippen LogP contribution in [0.3, 0.4) is 0 Å². The molecule has 0 aromatic heterocycles. The van der Waals surface area contributed by atoms with Gasteiger partial charge in [-0.1, -0.05) is 12.1 Å². The Morgan fingerprint density at radius 1 is 1.42 bits per heavy atom. The van der Waals surface area contributed by atoms with Crippen LogP contribution in [0.25, 0.3) is 0 Å². The summed E-state index contributed by atoms with van der Waals surface area (Å²) in [5, 5.41) is 9.44. The maximum Gasteiger partial charge on any atom is 0.145 e. The van der Waals surface area contributed by atoms with Gasteiger partial charge in [-0.25, -0.2) is 4.21 Å². The fourth-order valence-corrected chi connectivity index (χ4v) is 2.48. The van der Waals surface area contributed by atoms with Gasteiger partial charge in [0.15, 0.2) is 0 Å². The highest BCUT2D eigenvalue weighted by Gasteiger charge is 2.29. The van der Waals surface area contributed by atoms with E-state index < -0.39 is 15.7 Å². The zero-order valence-corrected chi connectivity index (χ0v) is 12.2. The molecule has 0 aliphatic carbocycles. The number of benzene rings is 1. The number of nitrogens with zero attached hydrogens (tertiary/aromatic N) is 1. The highest BCUT2D eigenvalue weighted by Crippen LogP contribution is 2.28. The molecular weight excluding hydrogens is 262 g/mol. The van der Waals surface area contributed by atoms with Gasteiger partial charge in [-0.05, 0) is 32.9 Å². The molecule has 19 heavy (non-hydrogen) atoms. The predicted molar refractivity (Wildman–Crippen MR) is 76.9 cm³/mol. The van der Waals surface area contributed by atoms with Gasteiger partial charge in [-0.3, -0.25) is 0 Å². The monoisotopic (exact) mass is 281 g/mol. The van der Waals surface area contributed by atoms with E-state index in [0.29, 0.717) is 12.3 Å². The summed E-state index contributed by atoms with van der Waals surface area (Å²) in [6, 6.07) is 7.52. The number of aliphatic hydroxyl groups is 1. The van der Waals surface area contributed by atoms with Gasteiger partial charge in [-0.15, -0.1) is 0 Å². The lowest BCUT2D eigenvalue weighted by Gasteiger charge is -2.26. The zero-order valence-electron chi connectivity index (χ0n) is 11.4. The fourth-order valence-electron chi connectivity index (χ4n) is 1.78. The van der Waals surface area contributed by atoms with Gasteiger partial charge in [0.1, 0.15) is 16.7 Å². The Hall–Kier alpha value is -1.20. The normalized spacial score (nSPS) is 22.7. The first kappa shape index (κ1) is 14.2. The largest absolute Gasteiger partial charge is 0.492 e. The van der Waals surface area contributed by atoms with Crippen molar-refractivity contribution < 1.29 is 14.1 Å². The van der Waals surface area contributed by atoms with Crippen molar-refractivity contribution in [3.63, 3.8) is 0 Å². The molecule has 0 saturated heterocycles. The van der Waals surface area contributed by atoms with Crippen LogP contribution in [-0.2, 0) is 11.0 Å². The number of ether oxygens (including phenoxy) is 1. The molecule has 1 aromatic carbocycles. The lowest BCUT2D eigenvalue weighted by molar-refractivity contribution is 0.194. The average Bonchev–Trinajstić information content (AvgIpc) is 2.38. The van der Waals surface area contributed by atoms with Crippen LogP contribution < -0.4 is 4.74 Å². The van der Waals surface area contributed by atoms with Gasteiger partial charge in [0.25, 0.3) is 0 Å². The molecule has 1 aromatic rings. The van der Waals surface area contributed by atoms with Crippen LogP contribution in [0.15, 0.2) is 28.7 Å². The number of hydrogen-bond donors (Lipinski definition) is 1. The zero-order chi connectivity index (χ0) is 14.0. The van der Waals surface area contributed by atoms with Gasteiger partial charge in [0.2, 0.25) is 0 Å². The van der Waals surface area contributed by atoms with Crippen molar-refractivity contribution in [1.29, 1.82) is 0 Å². The number of aliphatic hydroxyl groups excluding tert-OH is 1. The Labute approximate surface area is 116 Å². The van der Waals surface area contributed by atoms with E-state index in [9.17, 15) is 9.32 Å². The maximum absolute atomic E-state index is 12.2. The van der Waals surface area contributed by atoms with Crippen LogP contribution in [0.1, 0.15) is 26.3 Å². The van der Waals surface area contributed by atoms with E-state index in [4.69, 9.17) is 4.74 Å². The van der Waals surface area contributed by atoms with E-state index in [1.54, 1.807) is 0 Å². The van der Waals surface area contributed by atoms with E-state index in [1.807, 2.05) is 45.0 Å². The van der Waals surface area contributed by atoms with E-state index >= 15 is 0 Å². The molecule has 0 saturated carbocycles. The van der Waals surface area contributed by atoms with Gasteiger partial charge < -0.3 is 9.84 Å². The van der Waals surface area contributed by atoms with Crippen LogP contribution in [0.4, 0.5) is 0 Å². The molecule has 1 unspecified atom stereocenters. The Balaban J connectivity index is 2.46. The van der Waals surface area contributed by atoms with Gasteiger partial charge >= 0.3 is 0 Å². The molecule has 0 fully saturated rings. The molecule has 0 spiro atoms. The molecule has 0 amide bonds. The van der Waals surface area contributed by atoms with Gasteiger partial charge in [0, 0.05) is 5.56 Å². The molecule has 1 aliphatic rings. The van der Waals surface area contributed by atoms with E-state index in [-0.39, 0.29) is 12.5 Å². The summed E-state index contributed by atoms with van der Waals surface area (Å²) < 4.78 is 21.7. The minimum atomic E-state index is -1.34. The predicted octanol–water partition coefficient (Wildman–Crippen LogP) is 1.94. The van der Waals surface area contributed by atoms with Crippen molar-refractivity contribution in [1.82, 2.24) is 0 Å². The second-order valence-corrected chi connectivity index (χ2v) is 7.43. The molecule has 1 aliphatic heterocycles. The molecule has 2 atom stereocenters. The summed E-state index contributed by atoms with van der Waals surface area (Å²) >= 11 is 0. The van der Waals surface area contributed by atoms with Crippen LogP contribution in [0.2, 0.25) is 0 Å². The third kappa shape index (κ3) is 3.04. The van der Waals surface area contributed by atoms with Crippen LogP contribution in [-0.4, -0.2) is 33.0 Å². The van der Waals surface area contributed by atoms with Crippen LogP contribution in [0.5, 0.6) is 5.75 Å². The van der Waals surface area contributed by atoms with Crippen LogP contribution in [0, 0.1) is 5.92 Å². The third-order valence-electron chi connectivity index (χ3n) is 2.92. The number of hydrogen-bond acceptors (Lipinski definition) is 3. The van der Waals surface area contributed by atoms with Crippen molar-refractivity contribution in [3.8, 4) is 5.75 Å². The molecule has 1 heterocycles. The number of para-hydroxylation sites is 1. The summed E-state index contributed by atoms with van der Waals surface area (Å²) in [7, 11) is -1.34. The SMILES string of the molecule is CC(C)(C)S(=O)/N=C1/c2ccccc2OC[C@H]1CO. The first-order chi connectivity index (χ1) is 8.93. The van der Waals surface area contributed by atoms with Crippen LogP contribution >= 0.6 is 0 Å². The molecular formula is C14H19NO3S. The van der Waals surface area contributed by atoms with Crippen molar-refractivity contribution >= 4 is 16.7 Å². The second kappa shape index (κ2) is 5.43. The summed E-state index contributed by atoms with van der Waals surface area (Å²) in [6.07, 6.45) is 0. The lowest BCUT2D eigenvalue weighted by atomic mass is 9.95. The minimum absolute atomic E-state index is 0.0610. The molecule has 0 bridgehead atoms. The van der Waals surface area contributed by atoms with Crippen molar-refractivity contribution in [3.05, 3.63) is 29.8 Å². The molecule has 2 rings (SSSR count). The second-order valence-electron chi connectivity index (χ2n) is 5.52. The first-order valence-electron chi connectivity index (χ1n) is 6.27. The Morgan fingerprint density at radius 3 is 2.74 bits per heavy atom. The third-order valence-corrected chi connectivity index (χ3v) is 4.33. The summed E-state index contributed by atoms with van der Waals surface area (Å²) in [5.74, 6) is 0.512. The molecule has 5 heteroatoms. The smallest absolute Gasteiger partial charge is 0.145 e. The fraction of sp³-hybridized carbons (Fsp3) is 0.500.